The minimum Gasteiger partial charge on any atom is -0.472 e. The highest BCUT2D eigenvalue weighted by molar-refractivity contribution is 5.85. The molecule has 0 aromatic carbocycles. The largest absolute Gasteiger partial charge is 0.472 e. The molecule has 1 N–H and O–H groups in total. The van der Waals surface area contributed by atoms with Crippen LogP contribution >= 0.6 is 0 Å². The van der Waals surface area contributed by atoms with Crippen molar-refractivity contribution in [3.05, 3.63) is 23.7 Å². The maximum atomic E-state index is 12.6. The molecule has 1 aromatic heterocycles. The number of Topliss-reactive ketones (excluding diaryl/α,β-unsaturated/α-hetero) is 1. The van der Waals surface area contributed by atoms with Gasteiger partial charge in [0.2, 0.25) is 0 Å². The monoisotopic (exact) mass is 316 g/mol. The normalized spacial score (nSPS) is 45.1. The molecule has 2 fully saturated rings. The zero-order valence-corrected chi connectivity index (χ0v) is 14.7. The molecule has 0 bridgehead atoms. The van der Waals surface area contributed by atoms with Crippen LogP contribution in [-0.2, 0) is 16.6 Å². The predicted molar refractivity (Wildman–Crippen MR) is 88.1 cm³/mol. The molecule has 3 heteroatoms. The van der Waals surface area contributed by atoms with Gasteiger partial charge in [0.25, 0.3) is 0 Å². The summed E-state index contributed by atoms with van der Waals surface area (Å²) >= 11 is 0. The van der Waals surface area contributed by atoms with Crippen molar-refractivity contribution in [2.75, 3.05) is 0 Å². The lowest BCUT2D eigenvalue weighted by atomic mass is 9.40. The summed E-state index contributed by atoms with van der Waals surface area (Å²) in [4.78, 5) is 12.6. The Kier molecular flexibility index (Phi) is 3.02. The summed E-state index contributed by atoms with van der Waals surface area (Å²) in [5.41, 5.74) is 2.46. The van der Waals surface area contributed by atoms with Crippen LogP contribution in [0.4, 0.5) is 0 Å². The Morgan fingerprint density at radius 2 is 1.87 bits per heavy atom. The Morgan fingerprint density at radius 1 is 1.13 bits per heavy atom. The first-order valence-electron chi connectivity index (χ1n) is 8.97. The molecule has 5 atom stereocenters. The smallest absolute Gasteiger partial charge is 0.162 e. The van der Waals surface area contributed by atoms with Gasteiger partial charge in [-0.15, -0.1) is 0 Å². The van der Waals surface area contributed by atoms with Crippen molar-refractivity contribution in [3.63, 3.8) is 0 Å². The van der Waals surface area contributed by atoms with E-state index in [1.54, 1.807) is 0 Å². The second-order valence-corrected chi connectivity index (χ2v) is 9.28. The lowest BCUT2D eigenvalue weighted by molar-refractivity contribution is -0.174. The Hall–Kier alpha value is -1.09. The second-order valence-electron chi connectivity index (χ2n) is 9.28. The molecule has 1 heterocycles. The van der Waals surface area contributed by atoms with Gasteiger partial charge in [-0.1, -0.05) is 27.7 Å². The molecule has 0 radical (unpaired) electrons. The van der Waals surface area contributed by atoms with Crippen LogP contribution in [0.3, 0.4) is 0 Å². The van der Waals surface area contributed by atoms with E-state index >= 15 is 0 Å². The fraction of sp³-hybridized carbons (Fsp3) is 0.750. The first kappa shape index (κ1) is 15.4. The molecule has 5 unspecified atom stereocenters. The van der Waals surface area contributed by atoms with Gasteiger partial charge in [-0.2, -0.15) is 0 Å². The van der Waals surface area contributed by atoms with E-state index in [1.165, 1.54) is 11.1 Å². The van der Waals surface area contributed by atoms with Crippen LogP contribution in [-0.4, -0.2) is 17.0 Å². The fourth-order valence-electron chi connectivity index (χ4n) is 6.75. The van der Waals surface area contributed by atoms with Crippen molar-refractivity contribution in [3.8, 4) is 0 Å². The summed E-state index contributed by atoms with van der Waals surface area (Å²) in [6, 6.07) is 0. The lowest BCUT2D eigenvalue weighted by Gasteiger charge is -2.64. The topological polar surface area (TPSA) is 50.4 Å². The Morgan fingerprint density at radius 3 is 2.61 bits per heavy atom. The van der Waals surface area contributed by atoms with Crippen LogP contribution in [0.5, 0.6) is 0 Å². The molecule has 3 aliphatic rings. The van der Waals surface area contributed by atoms with Gasteiger partial charge >= 0.3 is 0 Å². The molecule has 1 aromatic rings. The number of aliphatic hydroxyl groups excluding tert-OH is 1. The van der Waals surface area contributed by atoms with E-state index in [4.69, 9.17) is 4.42 Å². The quantitative estimate of drug-likeness (QED) is 0.790. The van der Waals surface area contributed by atoms with E-state index in [9.17, 15) is 9.90 Å². The number of rotatable bonds is 0. The zero-order valence-electron chi connectivity index (χ0n) is 14.7. The van der Waals surface area contributed by atoms with Gasteiger partial charge in [-0.05, 0) is 59.5 Å². The van der Waals surface area contributed by atoms with Gasteiger partial charge in [0, 0.05) is 11.8 Å². The van der Waals surface area contributed by atoms with Crippen molar-refractivity contribution in [2.24, 2.45) is 22.7 Å². The van der Waals surface area contributed by atoms with Crippen molar-refractivity contribution >= 4 is 5.78 Å². The molecule has 4 rings (SSSR count). The van der Waals surface area contributed by atoms with Crippen LogP contribution in [0, 0.1) is 22.7 Å². The minimum atomic E-state index is -0.807. The SMILES string of the molecule is CC12CCC3C(C)(C)C(O)C(=O)CC3(C)C1CCc1cocc12. The number of carbonyl (C=O) groups is 1. The summed E-state index contributed by atoms with van der Waals surface area (Å²) < 4.78 is 5.52. The van der Waals surface area contributed by atoms with Crippen molar-refractivity contribution < 1.29 is 14.3 Å². The number of ketones is 1. The molecule has 0 spiro atoms. The molecule has 3 nitrogen and oxygen atoms in total. The second kappa shape index (κ2) is 4.50. The van der Waals surface area contributed by atoms with Crippen LogP contribution in [0.15, 0.2) is 16.9 Å². The fourth-order valence-corrected chi connectivity index (χ4v) is 6.75. The van der Waals surface area contributed by atoms with Gasteiger partial charge in [0.1, 0.15) is 6.10 Å². The molecule has 2 saturated carbocycles. The summed E-state index contributed by atoms with van der Waals surface area (Å²) in [6.07, 6.45) is 7.93. The number of furan rings is 1. The van der Waals surface area contributed by atoms with Crippen LogP contribution < -0.4 is 0 Å². The third kappa shape index (κ3) is 1.77. The molecular formula is C20H28O3. The Balaban J connectivity index is 1.82. The maximum Gasteiger partial charge on any atom is 0.162 e. The molecule has 0 saturated heterocycles. The summed E-state index contributed by atoms with van der Waals surface area (Å²) in [5, 5.41) is 10.5. The summed E-state index contributed by atoms with van der Waals surface area (Å²) in [7, 11) is 0. The highest BCUT2D eigenvalue weighted by atomic mass is 16.3. The molecule has 23 heavy (non-hydrogen) atoms. The first-order chi connectivity index (χ1) is 10.7. The summed E-state index contributed by atoms with van der Waals surface area (Å²) in [6.45, 7) is 8.87. The van der Waals surface area contributed by atoms with Crippen molar-refractivity contribution in [1.29, 1.82) is 0 Å². The summed E-state index contributed by atoms with van der Waals surface area (Å²) in [5.74, 6) is 0.916. The van der Waals surface area contributed by atoms with E-state index in [0.717, 1.165) is 25.7 Å². The third-order valence-corrected chi connectivity index (χ3v) is 7.84. The molecular weight excluding hydrogens is 288 g/mol. The van der Waals surface area contributed by atoms with Crippen LogP contribution in [0.1, 0.15) is 64.5 Å². The van der Waals surface area contributed by atoms with Gasteiger partial charge in [-0.25, -0.2) is 0 Å². The lowest BCUT2D eigenvalue weighted by Crippen LogP contribution is -2.63. The van der Waals surface area contributed by atoms with Gasteiger partial charge in [0.05, 0.1) is 12.5 Å². The number of hydrogen-bond donors (Lipinski definition) is 1. The minimum absolute atomic E-state index is 0.0260. The van der Waals surface area contributed by atoms with Gasteiger partial charge in [0.15, 0.2) is 5.78 Å². The Labute approximate surface area is 138 Å². The number of carbonyl (C=O) groups excluding carboxylic acids is 1. The van der Waals surface area contributed by atoms with Crippen molar-refractivity contribution in [1.82, 2.24) is 0 Å². The number of aliphatic hydroxyl groups is 1. The van der Waals surface area contributed by atoms with Crippen LogP contribution in [0.2, 0.25) is 0 Å². The van der Waals surface area contributed by atoms with Crippen molar-refractivity contribution in [2.45, 2.75) is 71.3 Å². The standard InChI is InChI=1S/C20H28O3/c1-18(2)15-7-8-19(3)13-11-23-10-12(13)5-6-16(19)20(15,4)9-14(21)17(18)22/h10-11,15-17,22H,5-9H2,1-4H3. The highest BCUT2D eigenvalue weighted by Gasteiger charge is 2.63. The van der Waals surface area contributed by atoms with Gasteiger partial charge < -0.3 is 9.52 Å². The number of fused-ring (bicyclic) bond motifs is 5. The highest BCUT2D eigenvalue weighted by Crippen LogP contribution is 2.66. The average Bonchev–Trinajstić information content (AvgIpc) is 2.94. The maximum absolute atomic E-state index is 12.6. The predicted octanol–water partition coefficient (Wildman–Crippen LogP) is 3.88. The first-order valence-corrected chi connectivity index (χ1v) is 8.97. The molecule has 126 valence electrons. The van der Waals surface area contributed by atoms with E-state index in [1.807, 2.05) is 12.5 Å². The van der Waals surface area contributed by atoms with E-state index in [2.05, 4.69) is 27.7 Å². The van der Waals surface area contributed by atoms with Gasteiger partial charge in [-0.3, -0.25) is 4.79 Å². The molecule has 3 aliphatic carbocycles. The van der Waals surface area contributed by atoms with E-state index in [0.29, 0.717) is 18.3 Å². The van der Waals surface area contributed by atoms with Crippen LogP contribution in [0.25, 0.3) is 0 Å². The average molecular weight is 316 g/mol. The molecule has 0 aliphatic heterocycles. The Bertz CT molecular complexity index is 658. The van der Waals surface area contributed by atoms with E-state index in [-0.39, 0.29) is 22.0 Å². The number of hydrogen-bond acceptors (Lipinski definition) is 3. The van der Waals surface area contributed by atoms with E-state index < -0.39 is 6.10 Å². The molecule has 0 amide bonds. The number of aryl methyl sites for hydroxylation is 1. The third-order valence-electron chi connectivity index (χ3n) is 7.84. The zero-order chi connectivity index (χ0) is 16.6.